The summed E-state index contributed by atoms with van der Waals surface area (Å²) in [5.41, 5.74) is 5.48. The van der Waals surface area contributed by atoms with Crippen LogP contribution in [0.15, 0.2) is 73.1 Å². The maximum absolute atomic E-state index is 13.2. The average molecular weight is 793 g/mol. The van der Waals surface area contributed by atoms with Gasteiger partial charge in [0.05, 0.1) is 37.7 Å². The van der Waals surface area contributed by atoms with Gasteiger partial charge in [-0.25, -0.2) is 19.6 Å². The Hall–Kier alpha value is -6.18. The van der Waals surface area contributed by atoms with Crippen molar-refractivity contribution < 1.29 is 28.7 Å². The molecule has 0 aliphatic heterocycles. The van der Waals surface area contributed by atoms with Gasteiger partial charge in [0.15, 0.2) is 0 Å². The van der Waals surface area contributed by atoms with E-state index in [2.05, 4.69) is 73.7 Å². The maximum atomic E-state index is 13.2. The molecule has 0 fully saturated rings. The van der Waals surface area contributed by atoms with Gasteiger partial charge in [-0.3, -0.25) is 9.59 Å². The highest BCUT2D eigenvalue weighted by Gasteiger charge is 2.31. The van der Waals surface area contributed by atoms with Gasteiger partial charge >= 0.3 is 12.2 Å². The number of amides is 4. The third-order valence-corrected chi connectivity index (χ3v) is 10.2. The minimum absolute atomic E-state index is 0.0217. The predicted molar refractivity (Wildman–Crippen MR) is 224 cm³/mol. The van der Waals surface area contributed by atoms with E-state index in [1.807, 2.05) is 86.0 Å². The SMILES string of the molecule is COC(=O)N[C@H](C(=O)N[C@H](c1nc(-c2ccc(-c3ccc4cc(-c5c[nH]c([C@@H](NC(=O)[C@@H](NC(=O)OC)C(C)C)C(C)C)n5)ccc4c3)cc2)c[nH]1)C(C)C)C(C)C. The molecule has 5 aromatic rings. The van der Waals surface area contributed by atoms with Crippen molar-refractivity contribution in [3.63, 3.8) is 0 Å². The Morgan fingerprint density at radius 2 is 0.879 bits per heavy atom. The third-order valence-electron chi connectivity index (χ3n) is 10.2. The molecule has 0 saturated heterocycles. The first-order chi connectivity index (χ1) is 27.6. The van der Waals surface area contributed by atoms with Crippen LogP contribution in [0.25, 0.3) is 44.4 Å². The number of carbonyl (C=O) groups excluding carboxylic acids is 4. The Balaban J connectivity index is 1.28. The van der Waals surface area contributed by atoms with Crippen molar-refractivity contribution in [2.45, 2.75) is 79.6 Å². The van der Waals surface area contributed by atoms with Gasteiger partial charge < -0.3 is 40.7 Å². The van der Waals surface area contributed by atoms with Crippen LogP contribution in [0.5, 0.6) is 0 Å². The lowest BCUT2D eigenvalue weighted by Gasteiger charge is -2.26. The normalized spacial score (nSPS) is 13.6. The highest BCUT2D eigenvalue weighted by molar-refractivity contribution is 5.91. The first kappa shape index (κ1) is 43.0. The summed E-state index contributed by atoms with van der Waals surface area (Å²) in [4.78, 5) is 66.4. The number of rotatable bonds is 15. The number of imidazole rings is 2. The summed E-state index contributed by atoms with van der Waals surface area (Å²) < 4.78 is 9.43. The van der Waals surface area contributed by atoms with Crippen LogP contribution in [0.4, 0.5) is 9.59 Å². The zero-order valence-corrected chi connectivity index (χ0v) is 34.9. The number of benzene rings is 3. The largest absolute Gasteiger partial charge is 0.453 e. The minimum atomic E-state index is -0.760. The van der Waals surface area contributed by atoms with Crippen LogP contribution >= 0.6 is 0 Å². The summed E-state index contributed by atoms with van der Waals surface area (Å²) in [6.07, 6.45) is 2.36. The summed E-state index contributed by atoms with van der Waals surface area (Å²) in [6, 6.07) is 18.4. The molecule has 0 radical (unpaired) electrons. The smallest absolute Gasteiger partial charge is 0.407 e. The van der Waals surface area contributed by atoms with Gasteiger partial charge in [0.1, 0.15) is 23.7 Å². The van der Waals surface area contributed by atoms with Crippen molar-refractivity contribution in [1.82, 2.24) is 41.2 Å². The molecular weight excluding hydrogens is 737 g/mol. The second kappa shape index (κ2) is 18.8. The lowest BCUT2D eigenvalue weighted by Crippen LogP contribution is -2.51. The van der Waals surface area contributed by atoms with Crippen LogP contribution in [-0.2, 0) is 19.1 Å². The van der Waals surface area contributed by atoms with Gasteiger partial charge in [0.2, 0.25) is 11.8 Å². The van der Waals surface area contributed by atoms with E-state index >= 15 is 0 Å². The molecule has 14 heteroatoms. The van der Waals surface area contributed by atoms with Crippen molar-refractivity contribution in [2.75, 3.05) is 14.2 Å². The van der Waals surface area contributed by atoms with Gasteiger partial charge in [-0.2, -0.15) is 0 Å². The van der Waals surface area contributed by atoms with Crippen LogP contribution in [0.1, 0.15) is 79.1 Å². The number of methoxy groups -OCH3 is 2. The Labute approximate surface area is 339 Å². The van der Waals surface area contributed by atoms with E-state index in [9.17, 15) is 19.2 Å². The molecule has 4 atom stereocenters. The summed E-state index contributed by atoms with van der Waals surface area (Å²) in [7, 11) is 2.54. The van der Waals surface area contributed by atoms with Gasteiger partial charge in [-0.05, 0) is 57.7 Å². The second-order valence-corrected chi connectivity index (χ2v) is 15.9. The number of fused-ring (bicyclic) bond motifs is 1. The molecule has 5 rings (SSSR count). The van der Waals surface area contributed by atoms with E-state index in [-0.39, 0.29) is 35.5 Å². The fraction of sp³-hybridized carbons (Fsp3) is 0.409. The summed E-state index contributed by atoms with van der Waals surface area (Å²) in [5.74, 6) is 0.374. The Morgan fingerprint density at radius 1 is 0.500 bits per heavy atom. The molecule has 14 nitrogen and oxygen atoms in total. The van der Waals surface area contributed by atoms with E-state index in [1.165, 1.54) is 14.2 Å². The van der Waals surface area contributed by atoms with E-state index in [0.29, 0.717) is 11.6 Å². The zero-order chi connectivity index (χ0) is 42.3. The zero-order valence-electron chi connectivity index (χ0n) is 34.9. The van der Waals surface area contributed by atoms with Crippen molar-refractivity contribution in [1.29, 1.82) is 0 Å². The second-order valence-electron chi connectivity index (χ2n) is 15.9. The van der Waals surface area contributed by atoms with Crippen LogP contribution in [0, 0.1) is 23.7 Å². The van der Waals surface area contributed by atoms with Gasteiger partial charge in [0.25, 0.3) is 0 Å². The van der Waals surface area contributed by atoms with Crippen LogP contribution in [-0.4, -0.2) is 70.2 Å². The van der Waals surface area contributed by atoms with Crippen molar-refractivity contribution in [3.05, 3.63) is 84.7 Å². The molecule has 0 saturated carbocycles. The molecule has 4 amide bonds. The summed E-state index contributed by atoms with van der Waals surface area (Å²) in [6.45, 7) is 15.5. The predicted octanol–water partition coefficient (Wildman–Crippen LogP) is 7.67. The van der Waals surface area contributed by atoms with Gasteiger partial charge in [-0.15, -0.1) is 0 Å². The number of ether oxygens (including phenoxy) is 2. The first-order valence-corrected chi connectivity index (χ1v) is 19.6. The number of aromatic nitrogens is 4. The number of aromatic amines is 2. The van der Waals surface area contributed by atoms with E-state index in [1.54, 1.807) is 0 Å². The number of hydrogen-bond acceptors (Lipinski definition) is 8. The lowest BCUT2D eigenvalue weighted by molar-refractivity contribution is -0.126. The maximum Gasteiger partial charge on any atom is 0.407 e. The molecule has 0 unspecified atom stereocenters. The van der Waals surface area contributed by atoms with Gasteiger partial charge in [0, 0.05) is 23.5 Å². The Bertz CT molecular complexity index is 2210. The standard InChI is InChI=1S/C44H56N8O6/c1-23(2)35(49-41(53)37(25(5)6)51-43(55)57-9)39-45-21-33(47-39)28-13-11-27(12-14-28)29-15-16-31-20-32(18-17-30(31)19-29)34-22-46-40(48-34)36(24(3)4)50-42(54)38(26(7)8)52-44(56)58-10/h11-26,35-38H,1-10H3,(H,45,47)(H,46,48)(H,49,53)(H,50,54)(H,51,55)(H,52,56)/t35-,36-,37-,38-/m0/s1. The quantitative estimate of drug-likeness (QED) is 0.0622. The number of hydrogen-bond donors (Lipinski definition) is 6. The fourth-order valence-electron chi connectivity index (χ4n) is 6.74. The molecule has 0 spiro atoms. The molecule has 6 N–H and O–H groups in total. The molecule has 2 heterocycles. The molecule has 2 aromatic heterocycles. The molecule has 0 aliphatic rings. The molecule has 58 heavy (non-hydrogen) atoms. The molecular formula is C44H56N8O6. The minimum Gasteiger partial charge on any atom is -0.453 e. The molecule has 3 aromatic carbocycles. The van der Waals surface area contributed by atoms with Gasteiger partial charge in [-0.1, -0.05) is 104 Å². The molecule has 308 valence electrons. The van der Waals surface area contributed by atoms with Crippen LogP contribution in [0.3, 0.4) is 0 Å². The summed E-state index contributed by atoms with van der Waals surface area (Å²) in [5, 5.41) is 13.5. The first-order valence-electron chi connectivity index (χ1n) is 19.6. The molecule has 0 bridgehead atoms. The highest BCUT2D eigenvalue weighted by Crippen LogP contribution is 2.31. The number of nitrogens with one attached hydrogen (secondary N) is 6. The number of alkyl carbamates (subject to hydrolysis) is 2. The van der Waals surface area contributed by atoms with Crippen molar-refractivity contribution >= 4 is 34.8 Å². The topological polar surface area (TPSA) is 192 Å². The number of nitrogens with zero attached hydrogens (tertiary/aromatic N) is 2. The highest BCUT2D eigenvalue weighted by atomic mass is 16.5. The van der Waals surface area contributed by atoms with Crippen LogP contribution in [0.2, 0.25) is 0 Å². The van der Waals surface area contributed by atoms with Crippen molar-refractivity contribution in [3.8, 4) is 33.6 Å². The van der Waals surface area contributed by atoms with E-state index in [4.69, 9.17) is 19.4 Å². The fourth-order valence-corrected chi connectivity index (χ4v) is 6.74. The average Bonchev–Trinajstić information content (AvgIpc) is 3.90. The van der Waals surface area contributed by atoms with Crippen LogP contribution < -0.4 is 21.3 Å². The summed E-state index contributed by atoms with van der Waals surface area (Å²) >= 11 is 0. The molecule has 0 aliphatic carbocycles. The number of H-pyrrole nitrogens is 2. The van der Waals surface area contributed by atoms with E-state index in [0.717, 1.165) is 44.4 Å². The Kier molecular flexibility index (Phi) is 14.0. The van der Waals surface area contributed by atoms with Crippen molar-refractivity contribution in [2.24, 2.45) is 23.7 Å². The Morgan fingerprint density at radius 3 is 1.29 bits per heavy atom. The monoisotopic (exact) mass is 792 g/mol. The lowest BCUT2D eigenvalue weighted by atomic mass is 9.98. The third kappa shape index (κ3) is 10.2. The van der Waals surface area contributed by atoms with E-state index < -0.39 is 36.4 Å². The number of carbonyl (C=O) groups is 4.